The first-order valence-corrected chi connectivity index (χ1v) is 3.71. The van der Waals surface area contributed by atoms with Crippen molar-refractivity contribution < 1.29 is 0 Å². The molecule has 0 aromatic heterocycles. The molecule has 0 radical (unpaired) electrons. The van der Waals surface area contributed by atoms with Crippen molar-refractivity contribution in [2.75, 3.05) is 0 Å². The molecule has 54 valence electrons. The fraction of sp³-hybridized carbons (Fsp3) is 0.800. The standard InChI is InChI=1S/C5H11ClN2S/c1-2-3-4(6)8-5(7)9/h4H,2-3H2,1H3,(H3,7,8,9). The Morgan fingerprint density at radius 1 is 1.89 bits per heavy atom. The molecule has 1 unspecified atom stereocenters. The number of rotatable bonds is 3. The van der Waals surface area contributed by atoms with E-state index in [2.05, 4.69) is 24.5 Å². The van der Waals surface area contributed by atoms with Gasteiger partial charge in [-0.25, -0.2) is 0 Å². The van der Waals surface area contributed by atoms with Crippen LogP contribution in [-0.4, -0.2) is 10.6 Å². The molecule has 0 fully saturated rings. The minimum Gasteiger partial charge on any atom is -0.376 e. The fourth-order valence-electron chi connectivity index (χ4n) is 0.480. The van der Waals surface area contributed by atoms with E-state index in [0.717, 1.165) is 12.8 Å². The van der Waals surface area contributed by atoms with E-state index in [9.17, 15) is 0 Å². The fourth-order valence-corrected chi connectivity index (χ4v) is 1.02. The number of halogens is 1. The predicted octanol–water partition coefficient (Wildman–Crippen LogP) is 1.18. The monoisotopic (exact) mass is 166 g/mol. The Morgan fingerprint density at radius 2 is 2.44 bits per heavy atom. The molecule has 3 N–H and O–H groups in total. The van der Waals surface area contributed by atoms with Crippen molar-refractivity contribution in [2.45, 2.75) is 25.3 Å². The van der Waals surface area contributed by atoms with E-state index in [1.807, 2.05) is 0 Å². The van der Waals surface area contributed by atoms with Crippen LogP contribution in [0.5, 0.6) is 0 Å². The van der Waals surface area contributed by atoms with E-state index in [0.29, 0.717) is 0 Å². The summed E-state index contributed by atoms with van der Waals surface area (Å²) in [7, 11) is 0. The van der Waals surface area contributed by atoms with Gasteiger partial charge in [0.1, 0.15) is 5.50 Å². The molecule has 0 aromatic carbocycles. The normalized spacial score (nSPS) is 12.7. The van der Waals surface area contributed by atoms with Crippen molar-refractivity contribution in [3.8, 4) is 0 Å². The summed E-state index contributed by atoms with van der Waals surface area (Å²) in [5.74, 6) is 0. The van der Waals surface area contributed by atoms with Gasteiger partial charge in [-0.15, -0.1) is 0 Å². The van der Waals surface area contributed by atoms with Gasteiger partial charge < -0.3 is 11.1 Å². The summed E-state index contributed by atoms with van der Waals surface area (Å²) < 4.78 is 0. The molecule has 9 heavy (non-hydrogen) atoms. The molecule has 0 saturated heterocycles. The summed E-state index contributed by atoms with van der Waals surface area (Å²) in [6, 6.07) is 0. The Balaban J connectivity index is 3.26. The first-order valence-electron chi connectivity index (χ1n) is 2.87. The molecular formula is C5H11ClN2S. The Morgan fingerprint density at radius 3 is 2.78 bits per heavy atom. The van der Waals surface area contributed by atoms with E-state index >= 15 is 0 Å². The molecule has 0 aliphatic heterocycles. The molecule has 0 aliphatic carbocycles. The molecule has 0 aliphatic rings. The second kappa shape index (κ2) is 4.82. The summed E-state index contributed by atoms with van der Waals surface area (Å²) in [6.45, 7) is 2.05. The van der Waals surface area contributed by atoms with Gasteiger partial charge in [-0.1, -0.05) is 24.9 Å². The van der Waals surface area contributed by atoms with Crippen LogP contribution in [0.2, 0.25) is 0 Å². The van der Waals surface area contributed by atoms with Crippen LogP contribution in [0.1, 0.15) is 19.8 Å². The summed E-state index contributed by atoms with van der Waals surface area (Å²) in [6.07, 6.45) is 1.92. The molecule has 0 saturated carbocycles. The third kappa shape index (κ3) is 5.86. The van der Waals surface area contributed by atoms with Crippen molar-refractivity contribution in [3.05, 3.63) is 0 Å². The zero-order valence-electron chi connectivity index (χ0n) is 5.36. The topological polar surface area (TPSA) is 38.0 Å². The van der Waals surface area contributed by atoms with E-state index in [4.69, 9.17) is 17.3 Å². The van der Waals surface area contributed by atoms with Crippen LogP contribution in [-0.2, 0) is 0 Å². The Labute approximate surface area is 65.8 Å². The summed E-state index contributed by atoms with van der Waals surface area (Å²) in [4.78, 5) is 0. The van der Waals surface area contributed by atoms with Gasteiger partial charge >= 0.3 is 0 Å². The van der Waals surface area contributed by atoms with Crippen LogP contribution in [0.15, 0.2) is 0 Å². The quantitative estimate of drug-likeness (QED) is 0.376. The van der Waals surface area contributed by atoms with E-state index in [1.54, 1.807) is 0 Å². The van der Waals surface area contributed by atoms with Crippen molar-refractivity contribution in [2.24, 2.45) is 5.73 Å². The highest BCUT2D eigenvalue weighted by Crippen LogP contribution is 1.99. The minimum absolute atomic E-state index is 0.104. The predicted molar refractivity (Wildman–Crippen MR) is 44.5 cm³/mol. The molecule has 0 aromatic rings. The van der Waals surface area contributed by atoms with E-state index < -0.39 is 0 Å². The lowest BCUT2D eigenvalue weighted by Gasteiger charge is -2.08. The number of nitrogens with two attached hydrogens (primary N) is 1. The summed E-state index contributed by atoms with van der Waals surface area (Å²) >= 11 is 10.3. The first kappa shape index (κ1) is 8.98. The Hall–Kier alpha value is -0.0200. The number of hydrogen-bond donors (Lipinski definition) is 2. The van der Waals surface area contributed by atoms with Gasteiger partial charge in [-0.05, 0) is 18.6 Å². The second-order valence-electron chi connectivity index (χ2n) is 1.76. The van der Waals surface area contributed by atoms with Crippen molar-refractivity contribution in [1.82, 2.24) is 5.32 Å². The third-order valence-corrected chi connectivity index (χ3v) is 1.29. The van der Waals surface area contributed by atoms with Gasteiger partial charge in [0.05, 0.1) is 0 Å². The molecule has 1 atom stereocenters. The maximum atomic E-state index is 5.70. The lowest BCUT2D eigenvalue weighted by molar-refractivity contribution is 0.702. The molecule has 0 heterocycles. The highest BCUT2D eigenvalue weighted by atomic mass is 35.5. The van der Waals surface area contributed by atoms with Gasteiger partial charge in [0.2, 0.25) is 0 Å². The summed E-state index contributed by atoms with van der Waals surface area (Å²) in [5.41, 5.74) is 5.06. The largest absolute Gasteiger partial charge is 0.376 e. The number of hydrogen-bond acceptors (Lipinski definition) is 1. The molecular weight excluding hydrogens is 156 g/mol. The van der Waals surface area contributed by atoms with Crippen LogP contribution in [0.25, 0.3) is 0 Å². The van der Waals surface area contributed by atoms with Gasteiger partial charge in [-0.3, -0.25) is 0 Å². The molecule has 2 nitrogen and oxygen atoms in total. The smallest absolute Gasteiger partial charge is 0.164 e. The number of alkyl halides is 1. The Kier molecular flexibility index (Phi) is 4.81. The third-order valence-electron chi connectivity index (χ3n) is 0.841. The van der Waals surface area contributed by atoms with Crippen LogP contribution in [0.3, 0.4) is 0 Å². The zero-order valence-corrected chi connectivity index (χ0v) is 6.93. The van der Waals surface area contributed by atoms with Crippen molar-refractivity contribution in [3.63, 3.8) is 0 Å². The van der Waals surface area contributed by atoms with Crippen LogP contribution in [0, 0.1) is 0 Å². The van der Waals surface area contributed by atoms with Gasteiger partial charge in [0.25, 0.3) is 0 Å². The van der Waals surface area contributed by atoms with E-state index in [-0.39, 0.29) is 10.6 Å². The lowest BCUT2D eigenvalue weighted by Crippen LogP contribution is -2.34. The lowest BCUT2D eigenvalue weighted by atomic mass is 10.3. The van der Waals surface area contributed by atoms with Crippen LogP contribution in [0.4, 0.5) is 0 Å². The first-order chi connectivity index (χ1) is 4.16. The highest BCUT2D eigenvalue weighted by Gasteiger charge is 2.00. The second-order valence-corrected chi connectivity index (χ2v) is 2.73. The van der Waals surface area contributed by atoms with Crippen molar-refractivity contribution >= 4 is 28.9 Å². The molecule has 0 spiro atoms. The molecule has 0 rings (SSSR count). The molecule has 4 heteroatoms. The minimum atomic E-state index is -0.104. The summed E-state index contributed by atoms with van der Waals surface area (Å²) in [5, 5.41) is 2.99. The zero-order chi connectivity index (χ0) is 7.28. The molecule has 0 amide bonds. The highest BCUT2D eigenvalue weighted by molar-refractivity contribution is 7.80. The SMILES string of the molecule is CCCC(Cl)NC(N)=S. The molecule has 0 bridgehead atoms. The van der Waals surface area contributed by atoms with Crippen LogP contribution >= 0.6 is 23.8 Å². The number of thiocarbonyl (C=S) groups is 1. The van der Waals surface area contributed by atoms with Crippen molar-refractivity contribution in [1.29, 1.82) is 0 Å². The van der Waals surface area contributed by atoms with E-state index in [1.165, 1.54) is 0 Å². The average Bonchev–Trinajstić information content (AvgIpc) is 1.63. The van der Waals surface area contributed by atoms with Gasteiger partial charge in [0, 0.05) is 0 Å². The Bertz CT molecular complexity index is 97.0. The maximum absolute atomic E-state index is 5.70. The van der Waals surface area contributed by atoms with Crippen LogP contribution < -0.4 is 11.1 Å². The maximum Gasteiger partial charge on any atom is 0.164 e. The number of nitrogens with one attached hydrogen (secondary N) is 1. The van der Waals surface area contributed by atoms with Gasteiger partial charge in [0.15, 0.2) is 5.11 Å². The average molecular weight is 167 g/mol. The van der Waals surface area contributed by atoms with Gasteiger partial charge in [-0.2, -0.15) is 0 Å².